The molecule has 0 atom stereocenters. The number of nitrogens with one attached hydrogen (secondary N) is 2. The summed E-state index contributed by atoms with van der Waals surface area (Å²) in [6.07, 6.45) is 0.102. The minimum absolute atomic E-state index is 0.102. The summed E-state index contributed by atoms with van der Waals surface area (Å²) in [5, 5.41) is 5.27. The van der Waals surface area contributed by atoms with Crippen molar-refractivity contribution in [2.24, 2.45) is 0 Å². The molecule has 0 saturated carbocycles. The minimum atomic E-state index is -0.407. The van der Waals surface area contributed by atoms with Gasteiger partial charge < -0.3 is 19.9 Å². The summed E-state index contributed by atoms with van der Waals surface area (Å²) in [4.78, 5) is 35.8. The van der Waals surface area contributed by atoms with Crippen LogP contribution in [0.2, 0.25) is 0 Å². The first-order chi connectivity index (χ1) is 12.8. The Labute approximate surface area is 158 Å². The summed E-state index contributed by atoms with van der Waals surface area (Å²) in [5.41, 5.74) is 1.31. The molecule has 1 aromatic carbocycles. The van der Waals surface area contributed by atoms with Gasteiger partial charge in [0.25, 0.3) is 5.56 Å². The molecule has 1 heterocycles. The van der Waals surface area contributed by atoms with Crippen LogP contribution in [0.15, 0.2) is 41.2 Å². The molecule has 27 heavy (non-hydrogen) atoms. The topological polar surface area (TPSA) is 89.4 Å². The summed E-state index contributed by atoms with van der Waals surface area (Å²) >= 11 is 0. The molecule has 2 N–H and O–H groups in total. The van der Waals surface area contributed by atoms with E-state index < -0.39 is 5.56 Å². The molecule has 2 amide bonds. The fourth-order valence-corrected chi connectivity index (χ4v) is 2.51. The predicted molar refractivity (Wildman–Crippen MR) is 104 cm³/mol. The molecule has 0 aliphatic rings. The Morgan fingerprint density at radius 1 is 1.11 bits per heavy atom. The van der Waals surface area contributed by atoms with E-state index in [2.05, 4.69) is 10.6 Å². The zero-order valence-corrected chi connectivity index (χ0v) is 16.0. The molecule has 1 aromatic heterocycles. The van der Waals surface area contributed by atoms with Crippen molar-refractivity contribution in [3.63, 3.8) is 0 Å². The second-order valence-corrected chi connectivity index (χ2v) is 6.55. The van der Waals surface area contributed by atoms with Crippen molar-refractivity contribution in [1.29, 1.82) is 0 Å². The Hall–Kier alpha value is -3.09. The Morgan fingerprint density at radius 3 is 2.37 bits per heavy atom. The number of anilines is 1. The summed E-state index contributed by atoms with van der Waals surface area (Å²) < 4.78 is 6.92. The van der Waals surface area contributed by atoms with Gasteiger partial charge in [0, 0.05) is 19.2 Å². The van der Waals surface area contributed by atoms with Gasteiger partial charge in [0.2, 0.25) is 11.8 Å². The zero-order chi connectivity index (χ0) is 20.0. The van der Waals surface area contributed by atoms with Crippen LogP contribution in [-0.2, 0) is 22.7 Å². The van der Waals surface area contributed by atoms with E-state index >= 15 is 0 Å². The minimum Gasteiger partial charge on any atom is -0.491 e. The van der Waals surface area contributed by atoms with Crippen LogP contribution in [0.1, 0.15) is 32.0 Å². The third-order valence-electron chi connectivity index (χ3n) is 3.79. The molecule has 2 aromatic rings. The van der Waals surface area contributed by atoms with Gasteiger partial charge in [-0.1, -0.05) is 12.1 Å². The molecule has 144 valence electrons. The van der Waals surface area contributed by atoms with Crippen LogP contribution in [-0.4, -0.2) is 22.5 Å². The maximum atomic E-state index is 12.4. The number of hydrogen-bond acceptors (Lipinski definition) is 4. The van der Waals surface area contributed by atoms with Crippen LogP contribution in [0.5, 0.6) is 5.75 Å². The SMILES string of the molecule is CC(=O)Nc1ccc(C)n(CC(=O)NCc2ccc(OC(C)C)cc2)c1=O. The lowest BCUT2D eigenvalue weighted by Crippen LogP contribution is -2.34. The first kappa shape index (κ1) is 20.2. The van der Waals surface area contributed by atoms with E-state index in [1.165, 1.54) is 17.6 Å². The van der Waals surface area contributed by atoms with E-state index in [0.29, 0.717) is 12.2 Å². The lowest BCUT2D eigenvalue weighted by atomic mass is 10.2. The van der Waals surface area contributed by atoms with E-state index in [1.54, 1.807) is 13.0 Å². The largest absolute Gasteiger partial charge is 0.491 e. The van der Waals surface area contributed by atoms with Crippen LogP contribution < -0.4 is 20.9 Å². The number of rotatable bonds is 7. The standard InChI is InChI=1S/C20H25N3O4/c1-13(2)27-17-8-6-16(7-9-17)11-21-19(25)12-23-14(3)5-10-18(20(23)26)22-15(4)24/h5-10,13H,11-12H2,1-4H3,(H,21,25)(H,22,24). The third-order valence-corrected chi connectivity index (χ3v) is 3.79. The first-order valence-corrected chi connectivity index (χ1v) is 8.76. The van der Waals surface area contributed by atoms with Gasteiger partial charge in [-0.2, -0.15) is 0 Å². The Kier molecular flexibility index (Phi) is 6.76. The maximum Gasteiger partial charge on any atom is 0.274 e. The van der Waals surface area contributed by atoms with Crippen molar-refractivity contribution in [2.75, 3.05) is 5.32 Å². The van der Waals surface area contributed by atoms with Crippen LogP contribution in [0.4, 0.5) is 5.69 Å². The molecular weight excluding hydrogens is 346 g/mol. The van der Waals surface area contributed by atoms with Crippen molar-refractivity contribution in [3.8, 4) is 5.75 Å². The van der Waals surface area contributed by atoms with E-state index in [9.17, 15) is 14.4 Å². The molecule has 7 heteroatoms. The maximum absolute atomic E-state index is 12.4. The molecule has 0 aliphatic heterocycles. The summed E-state index contributed by atoms with van der Waals surface area (Å²) in [7, 11) is 0. The van der Waals surface area contributed by atoms with Crippen molar-refractivity contribution < 1.29 is 14.3 Å². The molecule has 0 fully saturated rings. The van der Waals surface area contributed by atoms with Gasteiger partial charge in [-0.15, -0.1) is 0 Å². The van der Waals surface area contributed by atoms with Crippen molar-refractivity contribution in [3.05, 3.63) is 58.0 Å². The predicted octanol–water partition coefficient (Wildman–Crippen LogP) is 2.22. The second kappa shape index (κ2) is 9.02. The smallest absolute Gasteiger partial charge is 0.274 e. The van der Waals surface area contributed by atoms with Crippen LogP contribution in [0.25, 0.3) is 0 Å². The molecule has 0 spiro atoms. The first-order valence-electron chi connectivity index (χ1n) is 8.76. The molecule has 0 aliphatic carbocycles. The summed E-state index contributed by atoms with van der Waals surface area (Å²) in [6.45, 7) is 7.21. The van der Waals surface area contributed by atoms with E-state index in [-0.39, 0.29) is 30.2 Å². The number of hydrogen-bond donors (Lipinski definition) is 2. The molecule has 0 saturated heterocycles. The molecule has 0 radical (unpaired) electrons. The molecular formula is C20H25N3O4. The van der Waals surface area contributed by atoms with Crippen molar-refractivity contribution in [2.45, 2.75) is 46.9 Å². The van der Waals surface area contributed by atoms with Gasteiger partial charge in [-0.05, 0) is 50.6 Å². The summed E-state index contributed by atoms with van der Waals surface area (Å²) in [5.74, 6) is 0.150. The van der Waals surface area contributed by atoms with Gasteiger partial charge in [0.15, 0.2) is 0 Å². The lowest BCUT2D eigenvalue weighted by Gasteiger charge is -2.13. The highest BCUT2D eigenvalue weighted by atomic mass is 16.5. The number of nitrogens with zero attached hydrogens (tertiary/aromatic N) is 1. The Bertz CT molecular complexity index is 870. The Morgan fingerprint density at radius 2 is 1.78 bits per heavy atom. The number of amides is 2. The van der Waals surface area contributed by atoms with Crippen molar-refractivity contribution >= 4 is 17.5 Å². The van der Waals surface area contributed by atoms with Gasteiger partial charge in [0.05, 0.1) is 6.10 Å². The number of aromatic nitrogens is 1. The van der Waals surface area contributed by atoms with E-state index in [1.807, 2.05) is 38.1 Å². The highest BCUT2D eigenvalue weighted by Gasteiger charge is 2.11. The van der Waals surface area contributed by atoms with Gasteiger partial charge >= 0.3 is 0 Å². The molecule has 0 bridgehead atoms. The van der Waals surface area contributed by atoms with Gasteiger partial charge in [-0.25, -0.2) is 0 Å². The van der Waals surface area contributed by atoms with Crippen molar-refractivity contribution in [1.82, 2.24) is 9.88 Å². The average Bonchev–Trinajstić information content (AvgIpc) is 2.60. The van der Waals surface area contributed by atoms with Gasteiger partial charge in [-0.3, -0.25) is 14.4 Å². The number of benzene rings is 1. The monoisotopic (exact) mass is 371 g/mol. The molecule has 7 nitrogen and oxygen atoms in total. The Balaban J connectivity index is 1.99. The van der Waals surface area contributed by atoms with Crippen LogP contribution in [0, 0.1) is 6.92 Å². The van der Waals surface area contributed by atoms with Crippen LogP contribution >= 0.6 is 0 Å². The fraction of sp³-hybridized carbons (Fsp3) is 0.350. The van der Waals surface area contributed by atoms with E-state index in [0.717, 1.165) is 11.3 Å². The number of carbonyl (C=O) groups excluding carboxylic acids is 2. The van der Waals surface area contributed by atoms with Crippen LogP contribution in [0.3, 0.4) is 0 Å². The van der Waals surface area contributed by atoms with Gasteiger partial charge in [0.1, 0.15) is 18.0 Å². The van der Waals surface area contributed by atoms with E-state index in [4.69, 9.17) is 4.74 Å². The lowest BCUT2D eigenvalue weighted by molar-refractivity contribution is -0.121. The quantitative estimate of drug-likeness (QED) is 0.781. The fourth-order valence-electron chi connectivity index (χ4n) is 2.51. The highest BCUT2D eigenvalue weighted by Crippen LogP contribution is 2.13. The molecule has 0 unspecified atom stereocenters. The number of carbonyl (C=O) groups is 2. The number of ether oxygens (including phenoxy) is 1. The highest BCUT2D eigenvalue weighted by molar-refractivity contribution is 5.88. The summed E-state index contributed by atoms with van der Waals surface area (Å²) in [6, 6.07) is 10.7. The average molecular weight is 371 g/mol. The molecule has 2 rings (SSSR count). The third kappa shape index (κ3) is 5.99. The second-order valence-electron chi connectivity index (χ2n) is 6.55. The normalized spacial score (nSPS) is 10.6. The zero-order valence-electron chi connectivity index (χ0n) is 16.0. The number of aryl methyl sites for hydroxylation is 1. The number of pyridine rings is 1.